The molecule has 2 N–H and O–H groups in total. The van der Waals surface area contributed by atoms with Gasteiger partial charge in [0.15, 0.2) is 0 Å². The van der Waals surface area contributed by atoms with E-state index in [-0.39, 0.29) is 11.9 Å². The predicted molar refractivity (Wildman–Crippen MR) is 84.9 cm³/mol. The molecule has 3 rings (SSSR count). The van der Waals surface area contributed by atoms with Crippen molar-refractivity contribution in [2.45, 2.75) is 25.3 Å². The van der Waals surface area contributed by atoms with E-state index < -0.39 is 0 Å². The molecule has 116 valence electrons. The summed E-state index contributed by atoms with van der Waals surface area (Å²) in [6, 6.07) is 5.20. The zero-order valence-corrected chi connectivity index (χ0v) is 13.0. The summed E-state index contributed by atoms with van der Waals surface area (Å²) < 4.78 is 0. The lowest BCUT2D eigenvalue weighted by Gasteiger charge is -2.23. The van der Waals surface area contributed by atoms with Crippen LogP contribution in [0.25, 0.3) is 0 Å². The van der Waals surface area contributed by atoms with Crippen molar-refractivity contribution in [2.24, 2.45) is 0 Å². The van der Waals surface area contributed by atoms with Gasteiger partial charge in [-0.1, -0.05) is 11.6 Å². The summed E-state index contributed by atoms with van der Waals surface area (Å²) >= 11 is 5.79. The molecule has 1 aliphatic rings. The van der Waals surface area contributed by atoms with E-state index in [0.717, 1.165) is 25.2 Å². The van der Waals surface area contributed by atoms with Crippen LogP contribution >= 0.6 is 11.6 Å². The molecule has 2 aromatic rings. The van der Waals surface area contributed by atoms with Gasteiger partial charge in [-0.3, -0.25) is 14.8 Å². The lowest BCUT2D eigenvalue weighted by molar-refractivity contribution is -0.120. The van der Waals surface area contributed by atoms with Gasteiger partial charge in [0.25, 0.3) is 0 Å². The minimum Gasteiger partial charge on any atom is -0.309 e. The second-order valence-corrected chi connectivity index (χ2v) is 5.96. The molecule has 1 amide bonds. The molecule has 1 fully saturated rings. The molecule has 0 saturated carbocycles. The number of halogens is 1. The lowest BCUT2D eigenvalue weighted by atomic mass is 10.1. The Morgan fingerprint density at radius 1 is 1.50 bits per heavy atom. The molecular weight excluding hydrogens is 302 g/mol. The van der Waals surface area contributed by atoms with Crippen LogP contribution in [0.2, 0.25) is 5.02 Å². The zero-order valence-electron chi connectivity index (χ0n) is 12.3. The molecule has 2 aromatic heterocycles. The fourth-order valence-corrected chi connectivity index (χ4v) is 2.84. The maximum Gasteiger partial charge on any atom is 0.242 e. The van der Waals surface area contributed by atoms with Gasteiger partial charge in [0.2, 0.25) is 5.91 Å². The molecule has 1 saturated heterocycles. The molecule has 7 heteroatoms. The van der Waals surface area contributed by atoms with Crippen molar-refractivity contribution in [2.75, 3.05) is 18.4 Å². The van der Waals surface area contributed by atoms with Crippen LogP contribution in [-0.4, -0.2) is 45.1 Å². The molecule has 0 spiro atoms. The van der Waals surface area contributed by atoms with Crippen LogP contribution in [0.3, 0.4) is 0 Å². The van der Waals surface area contributed by atoms with Gasteiger partial charge in [0.05, 0.1) is 11.1 Å². The fraction of sp³-hybridized carbons (Fsp3) is 0.400. The number of pyridine rings is 1. The van der Waals surface area contributed by atoms with E-state index in [2.05, 4.69) is 25.4 Å². The standard InChI is InChI=1S/C15H18ClN5O/c1-10(15(22)19-14-3-2-12(16)8-17-14)21-7-5-11(9-21)13-4-6-18-20-13/h2-4,6,8,10-11H,5,7,9H2,1H3,(H,18,20)(H,17,19,22)/t10-,11?/m0/s1. The number of amides is 1. The summed E-state index contributed by atoms with van der Waals surface area (Å²) in [5, 5.41) is 10.4. The number of hydrogen-bond donors (Lipinski definition) is 2. The van der Waals surface area contributed by atoms with Crippen LogP contribution in [-0.2, 0) is 4.79 Å². The molecule has 3 heterocycles. The number of aromatic amines is 1. The van der Waals surface area contributed by atoms with E-state index in [1.54, 1.807) is 18.3 Å². The third kappa shape index (κ3) is 3.28. The Morgan fingerprint density at radius 2 is 2.36 bits per heavy atom. The van der Waals surface area contributed by atoms with Crippen molar-refractivity contribution >= 4 is 23.3 Å². The largest absolute Gasteiger partial charge is 0.309 e. The van der Waals surface area contributed by atoms with Gasteiger partial charge in [-0.05, 0) is 38.1 Å². The second-order valence-electron chi connectivity index (χ2n) is 5.52. The normalized spacial score (nSPS) is 20.0. The first-order chi connectivity index (χ1) is 10.6. The fourth-order valence-electron chi connectivity index (χ4n) is 2.73. The van der Waals surface area contributed by atoms with Crippen LogP contribution in [0.5, 0.6) is 0 Å². The summed E-state index contributed by atoms with van der Waals surface area (Å²) in [4.78, 5) is 18.6. The number of hydrogen-bond acceptors (Lipinski definition) is 4. The van der Waals surface area contributed by atoms with Gasteiger partial charge in [0.1, 0.15) is 5.82 Å². The molecule has 0 aliphatic carbocycles. The summed E-state index contributed by atoms with van der Waals surface area (Å²) in [6.07, 6.45) is 4.31. The van der Waals surface area contributed by atoms with E-state index >= 15 is 0 Å². The number of rotatable bonds is 4. The summed E-state index contributed by atoms with van der Waals surface area (Å²) in [5.41, 5.74) is 1.13. The third-order valence-electron chi connectivity index (χ3n) is 4.09. The maximum atomic E-state index is 12.3. The van der Waals surface area contributed by atoms with Gasteiger partial charge in [-0.15, -0.1) is 0 Å². The second kappa shape index (κ2) is 6.46. The van der Waals surface area contributed by atoms with Crippen molar-refractivity contribution in [1.82, 2.24) is 20.1 Å². The van der Waals surface area contributed by atoms with Gasteiger partial charge in [-0.2, -0.15) is 5.10 Å². The van der Waals surface area contributed by atoms with E-state index in [1.807, 2.05) is 13.0 Å². The molecule has 22 heavy (non-hydrogen) atoms. The number of anilines is 1. The van der Waals surface area contributed by atoms with Gasteiger partial charge in [-0.25, -0.2) is 4.98 Å². The molecule has 1 aliphatic heterocycles. The van der Waals surface area contributed by atoms with Crippen molar-refractivity contribution < 1.29 is 4.79 Å². The van der Waals surface area contributed by atoms with E-state index in [1.165, 1.54) is 6.20 Å². The number of aromatic nitrogens is 3. The molecule has 6 nitrogen and oxygen atoms in total. The highest BCUT2D eigenvalue weighted by atomic mass is 35.5. The highest BCUT2D eigenvalue weighted by molar-refractivity contribution is 6.30. The first-order valence-electron chi connectivity index (χ1n) is 7.29. The average molecular weight is 320 g/mol. The molecule has 0 bridgehead atoms. The lowest BCUT2D eigenvalue weighted by Crippen LogP contribution is -2.40. The molecule has 1 unspecified atom stereocenters. The molecule has 0 aromatic carbocycles. The van der Waals surface area contributed by atoms with Crippen LogP contribution in [0.4, 0.5) is 5.82 Å². The predicted octanol–water partition coefficient (Wildman–Crippen LogP) is 2.27. The Bertz CT molecular complexity index is 628. The number of nitrogens with zero attached hydrogens (tertiary/aromatic N) is 3. The minimum absolute atomic E-state index is 0.0555. The van der Waals surface area contributed by atoms with Crippen LogP contribution in [0.1, 0.15) is 25.0 Å². The van der Waals surface area contributed by atoms with Gasteiger partial charge >= 0.3 is 0 Å². The molecule has 2 atom stereocenters. The van der Waals surface area contributed by atoms with Crippen molar-refractivity contribution in [3.8, 4) is 0 Å². The summed E-state index contributed by atoms with van der Waals surface area (Å²) in [5.74, 6) is 0.872. The molecule has 0 radical (unpaired) electrons. The van der Waals surface area contributed by atoms with Crippen LogP contribution < -0.4 is 5.32 Å². The summed E-state index contributed by atoms with van der Waals surface area (Å²) in [6.45, 7) is 3.66. The molecular formula is C15H18ClN5O. The highest BCUT2D eigenvalue weighted by Crippen LogP contribution is 2.27. The van der Waals surface area contributed by atoms with Crippen LogP contribution in [0, 0.1) is 0 Å². The van der Waals surface area contributed by atoms with E-state index in [9.17, 15) is 4.79 Å². The average Bonchev–Trinajstić information content (AvgIpc) is 3.19. The number of carbonyl (C=O) groups excluding carboxylic acids is 1. The first-order valence-corrected chi connectivity index (χ1v) is 7.67. The van der Waals surface area contributed by atoms with Crippen molar-refractivity contribution in [3.05, 3.63) is 41.3 Å². The quantitative estimate of drug-likeness (QED) is 0.906. The monoisotopic (exact) mass is 319 g/mol. The van der Waals surface area contributed by atoms with Crippen LogP contribution in [0.15, 0.2) is 30.6 Å². The Labute approximate surface area is 133 Å². The van der Waals surface area contributed by atoms with Crippen molar-refractivity contribution in [1.29, 1.82) is 0 Å². The maximum absolute atomic E-state index is 12.3. The minimum atomic E-state index is -0.203. The third-order valence-corrected chi connectivity index (χ3v) is 4.31. The zero-order chi connectivity index (χ0) is 15.5. The Morgan fingerprint density at radius 3 is 3.05 bits per heavy atom. The Balaban J connectivity index is 1.58. The summed E-state index contributed by atoms with van der Waals surface area (Å²) in [7, 11) is 0. The van der Waals surface area contributed by atoms with Gasteiger partial charge in [0, 0.05) is 30.6 Å². The number of H-pyrrole nitrogens is 1. The van der Waals surface area contributed by atoms with Crippen molar-refractivity contribution in [3.63, 3.8) is 0 Å². The topological polar surface area (TPSA) is 73.9 Å². The van der Waals surface area contributed by atoms with Gasteiger partial charge < -0.3 is 5.32 Å². The highest BCUT2D eigenvalue weighted by Gasteiger charge is 2.31. The number of nitrogens with one attached hydrogen (secondary N) is 2. The SMILES string of the molecule is C[C@@H](C(=O)Nc1ccc(Cl)cn1)N1CCC(c2ccn[nH]2)C1. The van der Waals surface area contributed by atoms with E-state index in [4.69, 9.17) is 11.6 Å². The first kappa shape index (κ1) is 15.0. The number of carbonyl (C=O) groups is 1. The Hall–Kier alpha value is -1.92. The smallest absolute Gasteiger partial charge is 0.242 e. The van der Waals surface area contributed by atoms with E-state index in [0.29, 0.717) is 16.8 Å². The Kier molecular flexibility index (Phi) is 4.40. The number of likely N-dealkylation sites (tertiary alicyclic amines) is 1.